The zero-order valence-corrected chi connectivity index (χ0v) is 31.5. The zero-order valence-electron chi connectivity index (χ0n) is 31.5. The number of aryl methyl sites for hydroxylation is 4. The van der Waals surface area contributed by atoms with Gasteiger partial charge in [-0.05, 0) is 70.2 Å². The number of amides is 2. The molecule has 2 amide bonds. The summed E-state index contributed by atoms with van der Waals surface area (Å²) < 4.78 is 13.0. The summed E-state index contributed by atoms with van der Waals surface area (Å²) >= 11 is 0. The van der Waals surface area contributed by atoms with Crippen molar-refractivity contribution in [3.63, 3.8) is 0 Å². The van der Waals surface area contributed by atoms with Gasteiger partial charge in [0.2, 0.25) is 17.8 Å². The Morgan fingerprint density at radius 2 is 1.55 bits per heavy atom. The number of ether oxygens (including phenoxy) is 1. The zero-order chi connectivity index (χ0) is 39.8. The lowest BCUT2D eigenvalue weighted by atomic mass is 10.1. The van der Waals surface area contributed by atoms with Gasteiger partial charge in [-0.1, -0.05) is 18.7 Å². The number of rotatable bonds is 15. The predicted molar refractivity (Wildman–Crippen MR) is 211 cm³/mol. The SMILES string of the molecule is C=C(N)c1cc(OCCO)c2c(c1)nc(NC(=O)c1cc(C)nn1CC)n2C/C=C/Cn1c(NC)nc2cc(C(N)=O)ccc21.CCn1nc(C)cc1C=O. The minimum atomic E-state index is -0.521. The maximum absolute atomic E-state index is 13.4. The first-order valence-electron chi connectivity index (χ1n) is 17.6. The van der Waals surface area contributed by atoms with Crippen molar-refractivity contribution in [1.82, 2.24) is 38.7 Å². The molecule has 4 heterocycles. The summed E-state index contributed by atoms with van der Waals surface area (Å²) in [5, 5.41) is 24.0. The van der Waals surface area contributed by atoms with Crippen LogP contribution in [-0.4, -0.2) is 82.1 Å². The van der Waals surface area contributed by atoms with Gasteiger partial charge >= 0.3 is 0 Å². The molecule has 17 heteroatoms. The Kier molecular flexibility index (Phi) is 12.5. The van der Waals surface area contributed by atoms with Crippen molar-refractivity contribution in [2.24, 2.45) is 11.5 Å². The topological polar surface area (TPSA) is 228 Å². The van der Waals surface area contributed by atoms with Gasteiger partial charge in [0, 0.05) is 50.1 Å². The molecule has 0 radical (unpaired) electrons. The summed E-state index contributed by atoms with van der Waals surface area (Å²) in [4.78, 5) is 44.7. The normalized spacial score (nSPS) is 11.2. The van der Waals surface area contributed by atoms with Gasteiger partial charge in [-0.25, -0.2) is 9.97 Å². The lowest BCUT2D eigenvalue weighted by Gasteiger charge is -2.13. The second-order valence-electron chi connectivity index (χ2n) is 12.4. The molecule has 4 aromatic heterocycles. The third-order valence-electron chi connectivity index (χ3n) is 8.54. The van der Waals surface area contributed by atoms with Crippen molar-refractivity contribution in [1.29, 1.82) is 0 Å². The molecule has 288 valence electrons. The number of nitrogens with one attached hydrogen (secondary N) is 2. The molecule has 0 aliphatic heterocycles. The first-order chi connectivity index (χ1) is 26.4. The van der Waals surface area contributed by atoms with E-state index < -0.39 is 5.91 Å². The lowest BCUT2D eigenvalue weighted by Crippen LogP contribution is -2.20. The van der Waals surface area contributed by atoms with Crippen LogP contribution in [-0.2, 0) is 26.2 Å². The number of aliphatic hydroxyl groups is 1. The number of nitrogens with two attached hydrogens (primary N) is 2. The highest BCUT2D eigenvalue weighted by Crippen LogP contribution is 2.32. The molecule has 2 aromatic carbocycles. The minimum Gasteiger partial charge on any atom is -0.489 e. The van der Waals surface area contributed by atoms with Gasteiger partial charge in [0.1, 0.15) is 29.3 Å². The Morgan fingerprint density at radius 3 is 2.16 bits per heavy atom. The van der Waals surface area contributed by atoms with Crippen molar-refractivity contribution < 1.29 is 24.2 Å². The van der Waals surface area contributed by atoms with Gasteiger partial charge in [-0.3, -0.25) is 29.1 Å². The van der Waals surface area contributed by atoms with Gasteiger partial charge < -0.3 is 35.8 Å². The fraction of sp³-hybridized carbons (Fsp3) is 0.289. The number of aliphatic hydroxyl groups excluding tert-OH is 1. The van der Waals surface area contributed by atoms with E-state index in [4.69, 9.17) is 21.2 Å². The molecule has 0 saturated heterocycles. The maximum atomic E-state index is 13.4. The third kappa shape index (κ3) is 8.73. The lowest BCUT2D eigenvalue weighted by molar-refractivity contribution is 0.0996. The van der Waals surface area contributed by atoms with E-state index >= 15 is 0 Å². The number of fused-ring (bicyclic) bond motifs is 2. The van der Waals surface area contributed by atoms with Crippen molar-refractivity contribution in [2.45, 2.75) is 53.9 Å². The van der Waals surface area contributed by atoms with Crippen LogP contribution < -0.4 is 26.8 Å². The highest BCUT2D eigenvalue weighted by atomic mass is 16.5. The average molecular weight is 751 g/mol. The van der Waals surface area contributed by atoms with E-state index in [2.05, 4.69) is 32.4 Å². The minimum absolute atomic E-state index is 0.0469. The molecule has 0 saturated carbocycles. The number of imidazole rings is 2. The molecule has 6 aromatic rings. The number of aldehydes is 1. The number of primary amides is 1. The molecule has 0 spiro atoms. The Labute approximate surface area is 317 Å². The summed E-state index contributed by atoms with van der Waals surface area (Å²) in [5.41, 5.74) is 18.0. The van der Waals surface area contributed by atoms with Crippen molar-refractivity contribution >= 4 is 57.8 Å². The van der Waals surface area contributed by atoms with E-state index in [0.717, 1.165) is 29.7 Å². The number of anilines is 2. The van der Waals surface area contributed by atoms with Crippen LogP contribution in [0.4, 0.5) is 11.9 Å². The average Bonchev–Trinajstić information content (AvgIpc) is 3.93. The maximum Gasteiger partial charge on any atom is 0.276 e. The Hall–Kier alpha value is -6.75. The second-order valence-corrected chi connectivity index (χ2v) is 12.4. The molecule has 0 bridgehead atoms. The van der Waals surface area contributed by atoms with Crippen molar-refractivity contribution in [3.8, 4) is 5.75 Å². The molecule has 0 unspecified atom stereocenters. The van der Waals surface area contributed by atoms with Crippen LogP contribution in [0.25, 0.3) is 27.8 Å². The summed E-state index contributed by atoms with van der Waals surface area (Å²) in [7, 11) is 1.77. The number of allylic oxidation sites excluding steroid dienone is 2. The van der Waals surface area contributed by atoms with Gasteiger partial charge in [-0.2, -0.15) is 10.2 Å². The molecule has 0 fully saturated rings. The fourth-order valence-electron chi connectivity index (χ4n) is 6.02. The predicted octanol–water partition coefficient (Wildman–Crippen LogP) is 3.88. The summed E-state index contributed by atoms with van der Waals surface area (Å²) in [6.07, 6.45) is 4.72. The van der Waals surface area contributed by atoms with E-state index in [9.17, 15) is 19.5 Å². The van der Waals surface area contributed by atoms with E-state index in [-0.39, 0.29) is 25.1 Å². The van der Waals surface area contributed by atoms with E-state index in [1.807, 2.05) is 55.0 Å². The van der Waals surface area contributed by atoms with Gasteiger partial charge in [0.15, 0.2) is 6.29 Å². The van der Waals surface area contributed by atoms with Crippen LogP contribution in [0.2, 0.25) is 0 Å². The van der Waals surface area contributed by atoms with Crippen LogP contribution in [0.1, 0.15) is 62.1 Å². The Balaban J connectivity index is 0.000000504. The molecule has 55 heavy (non-hydrogen) atoms. The van der Waals surface area contributed by atoms with Crippen LogP contribution >= 0.6 is 0 Å². The highest BCUT2D eigenvalue weighted by Gasteiger charge is 2.21. The van der Waals surface area contributed by atoms with E-state index in [1.54, 1.807) is 52.8 Å². The first kappa shape index (κ1) is 39.5. The van der Waals surface area contributed by atoms with Crippen LogP contribution in [0, 0.1) is 13.8 Å². The van der Waals surface area contributed by atoms with Crippen LogP contribution in [0.15, 0.2) is 61.2 Å². The Morgan fingerprint density at radius 1 is 0.891 bits per heavy atom. The number of carbonyl (C=O) groups is 3. The fourth-order valence-corrected chi connectivity index (χ4v) is 6.02. The van der Waals surface area contributed by atoms with Crippen molar-refractivity contribution in [3.05, 3.63) is 95.1 Å². The molecular formula is C38H46N12O5. The monoisotopic (exact) mass is 750 g/mol. The number of aromatic nitrogens is 8. The molecule has 17 nitrogen and oxygen atoms in total. The van der Waals surface area contributed by atoms with Gasteiger partial charge in [0.25, 0.3) is 5.91 Å². The number of nitrogens with zero attached hydrogens (tertiary/aromatic N) is 8. The summed E-state index contributed by atoms with van der Waals surface area (Å²) in [6.45, 7) is 13.3. The Bertz CT molecular complexity index is 2400. The number of hydrogen-bond acceptors (Lipinski definition) is 11. The molecule has 0 atom stereocenters. The van der Waals surface area contributed by atoms with Crippen LogP contribution in [0.5, 0.6) is 5.75 Å². The molecule has 7 N–H and O–H groups in total. The number of benzene rings is 2. The smallest absolute Gasteiger partial charge is 0.276 e. The molecule has 0 aliphatic carbocycles. The van der Waals surface area contributed by atoms with Crippen molar-refractivity contribution in [2.75, 3.05) is 30.9 Å². The number of hydrogen-bond donors (Lipinski definition) is 5. The third-order valence-corrected chi connectivity index (χ3v) is 8.54. The summed E-state index contributed by atoms with van der Waals surface area (Å²) in [5.74, 6) is 0.458. The molecule has 0 aliphatic rings. The van der Waals surface area contributed by atoms with E-state index in [0.29, 0.717) is 76.1 Å². The molecular weight excluding hydrogens is 704 g/mol. The largest absolute Gasteiger partial charge is 0.489 e. The second kappa shape index (κ2) is 17.4. The van der Waals surface area contributed by atoms with Crippen LogP contribution in [0.3, 0.4) is 0 Å². The highest BCUT2D eigenvalue weighted by molar-refractivity contribution is 6.03. The summed E-state index contributed by atoms with van der Waals surface area (Å²) in [6, 6.07) is 12.1. The van der Waals surface area contributed by atoms with Gasteiger partial charge in [0.05, 0.1) is 34.5 Å². The number of carbonyl (C=O) groups excluding carboxylic acids is 3. The standard InChI is InChI=1S/C31H36N10O4.C7H10N2O/c1-5-41-25(14-18(2)38-41)29(44)37-31-36-23-16-21(19(3)32)17-26(45-13-12-42)27(23)40(31)11-7-6-10-39-24-9-8-20(28(33)43)15-22(24)35-30(39)34-4;1-3-9-7(5-10)4-6(2)8-9/h6-9,14-17,42H,3,5,10-13,32H2,1-2,4H3,(H2,33,43)(H,34,35)(H,36,37,44);4-5H,3H2,1-2H3/b7-6+;. The van der Waals surface area contributed by atoms with E-state index in [1.165, 1.54) is 0 Å². The quantitative estimate of drug-likeness (QED) is 0.0747. The van der Waals surface area contributed by atoms with Gasteiger partial charge in [-0.15, -0.1) is 0 Å². The first-order valence-corrected chi connectivity index (χ1v) is 17.6. The molecule has 6 rings (SSSR count).